The van der Waals surface area contributed by atoms with Crippen molar-refractivity contribution in [3.8, 4) is 5.75 Å². The van der Waals surface area contributed by atoms with Crippen LogP contribution in [0.15, 0.2) is 23.1 Å². The van der Waals surface area contributed by atoms with Gasteiger partial charge in [0, 0.05) is 19.6 Å². The molecule has 7 nitrogen and oxygen atoms in total. The molecule has 0 unspecified atom stereocenters. The molecule has 1 aliphatic heterocycles. The number of nitrogens with one attached hydrogen (secondary N) is 1. The zero-order valence-electron chi connectivity index (χ0n) is 12.2. The number of halogens is 1. The van der Waals surface area contributed by atoms with Gasteiger partial charge in [0.15, 0.2) is 0 Å². The molecule has 0 aromatic heterocycles. The summed E-state index contributed by atoms with van der Waals surface area (Å²) in [6.07, 6.45) is 0. The number of benzene rings is 1. The molecule has 1 aromatic rings. The lowest BCUT2D eigenvalue weighted by atomic mass is 10.3. The van der Waals surface area contributed by atoms with Crippen molar-refractivity contribution in [3.05, 3.63) is 23.2 Å². The fraction of sp³-hybridized carbons (Fsp3) is 0.538. The van der Waals surface area contributed by atoms with Crippen LogP contribution in [0.3, 0.4) is 0 Å². The van der Waals surface area contributed by atoms with Crippen molar-refractivity contribution < 1.29 is 22.7 Å². The molecule has 0 spiro atoms. The Morgan fingerprint density at radius 1 is 1.36 bits per heavy atom. The molecule has 2 rings (SSSR count). The first-order valence-electron chi connectivity index (χ1n) is 6.80. The van der Waals surface area contributed by atoms with Crippen LogP contribution in [0.4, 0.5) is 0 Å². The third-order valence-corrected chi connectivity index (χ3v) is 4.72. The Morgan fingerprint density at radius 3 is 2.73 bits per heavy atom. The van der Waals surface area contributed by atoms with E-state index in [1.807, 2.05) is 0 Å². The number of hydrogen-bond acceptors (Lipinski definition) is 6. The first-order valence-corrected chi connectivity index (χ1v) is 8.66. The molecule has 1 fully saturated rings. The minimum absolute atomic E-state index is 0.0182. The first kappa shape index (κ1) is 17.5. The predicted octanol–water partition coefficient (Wildman–Crippen LogP) is 0.891. The van der Waals surface area contributed by atoms with Gasteiger partial charge in [0.25, 0.3) is 10.0 Å². The third kappa shape index (κ3) is 4.80. The molecular formula is C13H19ClN2O5S. The average Bonchev–Trinajstić information content (AvgIpc) is 2.52. The SMILES string of the molecule is COc1ccc(S(=O)(=O)NOCCN2CCOCC2)cc1Cl. The number of hydrogen-bond donors (Lipinski definition) is 1. The number of nitrogens with zero attached hydrogens (tertiary/aromatic N) is 1. The molecule has 22 heavy (non-hydrogen) atoms. The molecule has 1 heterocycles. The van der Waals surface area contributed by atoms with Gasteiger partial charge in [-0.05, 0) is 18.2 Å². The zero-order chi connectivity index (χ0) is 16.0. The van der Waals surface area contributed by atoms with E-state index >= 15 is 0 Å². The molecule has 9 heteroatoms. The highest BCUT2D eigenvalue weighted by Crippen LogP contribution is 2.26. The van der Waals surface area contributed by atoms with E-state index in [4.69, 9.17) is 25.9 Å². The minimum Gasteiger partial charge on any atom is -0.495 e. The van der Waals surface area contributed by atoms with Crippen LogP contribution in [0, 0.1) is 0 Å². The maximum absolute atomic E-state index is 12.1. The molecule has 124 valence electrons. The van der Waals surface area contributed by atoms with E-state index in [2.05, 4.69) is 9.79 Å². The summed E-state index contributed by atoms with van der Waals surface area (Å²) >= 11 is 5.92. The second-order valence-electron chi connectivity index (χ2n) is 4.69. The van der Waals surface area contributed by atoms with E-state index in [0.717, 1.165) is 13.1 Å². The van der Waals surface area contributed by atoms with Gasteiger partial charge in [0.1, 0.15) is 5.75 Å². The standard InChI is InChI=1S/C13H19ClN2O5S/c1-19-13-3-2-11(10-12(13)14)22(17,18)15-21-9-6-16-4-7-20-8-5-16/h2-3,10,15H,4-9H2,1H3. The van der Waals surface area contributed by atoms with Crippen molar-refractivity contribution in [2.45, 2.75) is 4.90 Å². The number of ether oxygens (including phenoxy) is 2. The maximum atomic E-state index is 12.1. The van der Waals surface area contributed by atoms with E-state index in [1.165, 1.54) is 25.3 Å². The fourth-order valence-electron chi connectivity index (χ4n) is 1.98. The molecular weight excluding hydrogens is 332 g/mol. The first-order chi connectivity index (χ1) is 10.5. The van der Waals surface area contributed by atoms with Crippen molar-refractivity contribution in [2.75, 3.05) is 46.6 Å². The number of rotatable bonds is 7. The van der Waals surface area contributed by atoms with Gasteiger partial charge in [-0.15, -0.1) is 0 Å². The van der Waals surface area contributed by atoms with Crippen LogP contribution >= 0.6 is 11.6 Å². The van der Waals surface area contributed by atoms with E-state index in [1.54, 1.807) is 0 Å². The average molecular weight is 351 g/mol. The molecule has 1 aromatic carbocycles. The van der Waals surface area contributed by atoms with Gasteiger partial charge in [-0.3, -0.25) is 9.74 Å². The molecule has 0 radical (unpaired) electrons. The summed E-state index contributed by atoms with van der Waals surface area (Å²) in [6, 6.07) is 4.21. The lowest BCUT2D eigenvalue weighted by Gasteiger charge is -2.26. The lowest BCUT2D eigenvalue weighted by molar-refractivity contribution is 0.0125. The van der Waals surface area contributed by atoms with Crippen LogP contribution in [-0.2, 0) is 19.6 Å². The van der Waals surface area contributed by atoms with E-state index in [9.17, 15) is 8.42 Å². The normalized spacial score (nSPS) is 16.6. The molecule has 0 atom stereocenters. The Bertz CT molecular complexity index is 590. The van der Waals surface area contributed by atoms with Crippen molar-refractivity contribution in [3.63, 3.8) is 0 Å². The van der Waals surface area contributed by atoms with Crippen molar-refractivity contribution in [1.29, 1.82) is 0 Å². The predicted molar refractivity (Wildman–Crippen MR) is 81.5 cm³/mol. The Kier molecular flexibility index (Phi) is 6.42. The van der Waals surface area contributed by atoms with Crippen LogP contribution < -0.4 is 9.62 Å². The monoisotopic (exact) mass is 350 g/mol. The molecule has 1 aliphatic rings. The molecule has 1 N–H and O–H groups in total. The molecule has 0 bridgehead atoms. The maximum Gasteiger partial charge on any atom is 0.262 e. The smallest absolute Gasteiger partial charge is 0.262 e. The third-order valence-electron chi connectivity index (χ3n) is 3.22. The van der Waals surface area contributed by atoms with Gasteiger partial charge < -0.3 is 9.47 Å². The molecule has 1 saturated heterocycles. The number of methoxy groups -OCH3 is 1. The molecule has 0 amide bonds. The Labute approximate surface area is 135 Å². The van der Waals surface area contributed by atoms with E-state index < -0.39 is 10.0 Å². The molecule has 0 aliphatic carbocycles. The van der Waals surface area contributed by atoms with Crippen LogP contribution in [0.25, 0.3) is 0 Å². The summed E-state index contributed by atoms with van der Waals surface area (Å²) in [5.74, 6) is 0.411. The second-order valence-corrected chi connectivity index (χ2v) is 6.74. The van der Waals surface area contributed by atoms with Crippen LogP contribution in [0.1, 0.15) is 0 Å². The van der Waals surface area contributed by atoms with Crippen molar-refractivity contribution in [1.82, 2.24) is 9.79 Å². The number of sulfonamides is 1. The van der Waals surface area contributed by atoms with Gasteiger partial charge >= 0.3 is 0 Å². The summed E-state index contributed by atoms with van der Waals surface area (Å²) in [6.45, 7) is 3.92. The second kappa shape index (κ2) is 8.09. The van der Waals surface area contributed by atoms with Crippen LogP contribution in [0.2, 0.25) is 5.02 Å². The topological polar surface area (TPSA) is 77.1 Å². The zero-order valence-corrected chi connectivity index (χ0v) is 13.8. The van der Waals surface area contributed by atoms with Crippen LogP contribution in [-0.4, -0.2) is 59.9 Å². The van der Waals surface area contributed by atoms with Gasteiger partial charge in [-0.1, -0.05) is 16.5 Å². The quantitative estimate of drug-likeness (QED) is 0.581. The highest BCUT2D eigenvalue weighted by molar-refractivity contribution is 7.89. The summed E-state index contributed by atoms with van der Waals surface area (Å²) < 4.78 is 34.3. The highest BCUT2D eigenvalue weighted by atomic mass is 35.5. The van der Waals surface area contributed by atoms with E-state index in [-0.39, 0.29) is 16.5 Å². The lowest BCUT2D eigenvalue weighted by Crippen LogP contribution is -2.39. The fourth-order valence-corrected chi connectivity index (χ4v) is 3.16. The van der Waals surface area contributed by atoms with Crippen molar-refractivity contribution in [2.24, 2.45) is 0 Å². The summed E-state index contributed by atoms with van der Waals surface area (Å²) in [5.41, 5.74) is 0. The Hall–Kier alpha value is -0.900. The Balaban J connectivity index is 1.84. The van der Waals surface area contributed by atoms with Gasteiger partial charge in [-0.2, -0.15) is 0 Å². The summed E-state index contributed by atoms with van der Waals surface area (Å²) in [7, 11) is -2.31. The largest absolute Gasteiger partial charge is 0.495 e. The van der Waals surface area contributed by atoms with Crippen molar-refractivity contribution >= 4 is 21.6 Å². The summed E-state index contributed by atoms with van der Waals surface area (Å²) in [4.78, 5) is 9.31. The van der Waals surface area contributed by atoms with Gasteiger partial charge in [0.2, 0.25) is 0 Å². The van der Waals surface area contributed by atoms with E-state index in [0.29, 0.717) is 25.5 Å². The Morgan fingerprint density at radius 2 is 2.09 bits per heavy atom. The summed E-state index contributed by atoms with van der Waals surface area (Å²) in [5, 5.41) is 0.221. The van der Waals surface area contributed by atoms with Gasteiger partial charge in [-0.25, -0.2) is 8.42 Å². The minimum atomic E-state index is -3.77. The van der Waals surface area contributed by atoms with Gasteiger partial charge in [0.05, 0.1) is 36.8 Å². The number of morpholine rings is 1. The highest BCUT2D eigenvalue weighted by Gasteiger charge is 2.17. The molecule has 0 saturated carbocycles. The van der Waals surface area contributed by atoms with Crippen LogP contribution in [0.5, 0.6) is 5.75 Å².